The van der Waals surface area contributed by atoms with E-state index < -0.39 is 0 Å². The summed E-state index contributed by atoms with van der Waals surface area (Å²) >= 11 is 9.55. The van der Waals surface area contributed by atoms with Crippen molar-refractivity contribution >= 4 is 39.6 Å². The Bertz CT molecular complexity index is 1680. The molecular formula is C33H24BrClN2O2. The third-order valence-corrected chi connectivity index (χ3v) is 7.12. The van der Waals surface area contributed by atoms with E-state index in [4.69, 9.17) is 20.8 Å². The predicted octanol–water partition coefficient (Wildman–Crippen LogP) is 9.85. The van der Waals surface area contributed by atoms with Crippen molar-refractivity contribution in [3.63, 3.8) is 0 Å². The summed E-state index contributed by atoms with van der Waals surface area (Å²) in [7, 11) is 0. The first kappa shape index (κ1) is 26.5. The first-order valence-corrected chi connectivity index (χ1v) is 13.5. The number of aryl methyl sites for hydroxylation is 2. The highest BCUT2D eigenvalue weighted by Crippen LogP contribution is 2.42. The molecule has 0 amide bonds. The maximum atomic E-state index is 10.2. The van der Waals surface area contributed by atoms with Gasteiger partial charge in [-0.3, -0.25) is 0 Å². The number of hydrogen-bond acceptors (Lipinski definition) is 4. The molecule has 4 aromatic carbocycles. The van der Waals surface area contributed by atoms with Gasteiger partial charge in [-0.15, -0.1) is 0 Å². The molecule has 0 saturated carbocycles. The molecule has 0 aliphatic heterocycles. The Hall–Kier alpha value is -4.11. The van der Waals surface area contributed by atoms with E-state index in [-0.39, 0.29) is 5.88 Å². The molecule has 192 valence electrons. The van der Waals surface area contributed by atoms with E-state index >= 15 is 0 Å². The van der Waals surface area contributed by atoms with Crippen molar-refractivity contribution < 1.29 is 9.15 Å². The summed E-state index contributed by atoms with van der Waals surface area (Å²) in [5.74, 6) is 1.60. The third-order valence-electron chi connectivity index (χ3n) is 6.25. The summed E-state index contributed by atoms with van der Waals surface area (Å²) in [5.41, 5.74) is 7.06. The second-order valence-corrected chi connectivity index (χ2v) is 10.5. The maximum Gasteiger partial charge on any atom is 0.238 e. The van der Waals surface area contributed by atoms with Crippen LogP contribution in [0.3, 0.4) is 0 Å². The standard InChI is InChI=1S/C33H24BrClN2O2/c1-21-3-10-25(11-4-21)31-28(18-36)33(39-32(31)26-12-5-22(2)6-13-26)37-19-24-9-16-30(29(34)17-24)38-20-23-7-14-27(35)15-8-23/h3-17,19H,20H2,1-2H3. The number of rotatable bonds is 7. The van der Waals surface area contributed by atoms with Crippen LogP contribution < -0.4 is 4.74 Å². The van der Waals surface area contributed by atoms with Gasteiger partial charge in [0.05, 0.1) is 4.47 Å². The molecule has 0 atom stereocenters. The highest BCUT2D eigenvalue weighted by atomic mass is 79.9. The molecule has 0 spiro atoms. The third kappa shape index (κ3) is 6.15. The highest BCUT2D eigenvalue weighted by molar-refractivity contribution is 9.10. The van der Waals surface area contributed by atoms with Crippen molar-refractivity contribution in [2.75, 3.05) is 0 Å². The van der Waals surface area contributed by atoms with Gasteiger partial charge in [0.2, 0.25) is 5.88 Å². The van der Waals surface area contributed by atoms with E-state index in [2.05, 4.69) is 27.0 Å². The van der Waals surface area contributed by atoms with E-state index in [1.807, 2.05) is 105 Å². The quantitative estimate of drug-likeness (QED) is 0.176. The van der Waals surface area contributed by atoms with Crippen LogP contribution in [0.4, 0.5) is 5.88 Å². The lowest BCUT2D eigenvalue weighted by atomic mass is 9.97. The Labute approximate surface area is 241 Å². The van der Waals surface area contributed by atoms with Crippen LogP contribution in [0.5, 0.6) is 5.75 Å². The van der Waals surface area contributed by atoms with Crippen LogP contribution in [0.1, 0.15) is 27.8 Å². The minimum absolute atomic E-state index is 0.267. The van der Waals surface area contributed by atoms with Crippen LogP contribution in [-0.2, 0) is 6.61 Å². The Morgan fingerprint density at radius 3 is 2.15 bits per heavy atom. The second kappa shape index (κ2) is 11.7. The van der Waals surface area contributed by atoms with Gasteiger partial charge >= 0.3 is 0 Å². The zero-order valence-corrected chi connectivity index (χ0v) is 23.8. The van der Waals surface area contributed by atoms with Crippen molar-refractivity contribution in [1.82, 2.24) is 0 Å². The maximum absolute atomic E-state index is 10.2. The number of ether oxygens (including phenoxy) is 1. The van der Waals surface area contributed by atoms with Gasteiger partial charge in [0.15, 0.2) is 0 Å². The fourth-order valence-corrected chi connectivity index (χ4v) is 4.74. The molecule has 5 aromatic rings. The zero-order valence-electron chi connectivity index (χ0n) is 21.4. The average molecular weight is 596 g/mol. The molecule has 0 saturated heterocycles. The highest BCUT2D eigenvalue weighted by Gasteiger charge is 2.22. The molecule has 0 bridgehead atoms. The molecule has 0 unspecified atom stereocenters. The van der Waals surface area contributed by atoms with Crippen LogP contribution in [0.15, 0.2) is 105 Å². The zero-order chi connectivity index (χ0) is 27.4. The van der Waals surface area contributed by atoms with Crippen molar-refractivity contribution in [1.29, 1.82) is 5.26 Å². The first-order valence-electron chi connectivity index (χ1n) is 12.3. The smallest absolute Gasteiger partial charge is 0.238 e. The molecule has 1 heterocycles. The Balaban J connectivity index is 1.45. The lowest BCUT2D eigenvalue weighted by Gasteiger charge is -2.09. The fourth-order valence-electron chi connectivity index (χ4n) is 4.11. The van der Waals surface area contributed by atoms with Gasteiger partial charge in [0, 0.05) is 22.4 Å². The first-order chi connectivity index (χ1) is 18.9. The van der Waals surface area contributed by atoms with Gasteiger partial charge in [-0.2, -0.15) is 5.26 Å². The second-order valence-electron chi connectivity index (χ2n) is 9.19. The number of furan rings is 1. The van der Waals surface area contributed by atoms with Gasteiger partial charge in [-0.25, -0.2) is 4.99 Å². The minimum atomic E-state index is 0.267. The van der Waals surface area contributed by atoms with Crippen molar-refractivity contribution in [3.05, 3.63) is 128 Å². The van der Waals surface area contributed by atoms with E-state index in [1.165, 1.54) is 0 Å². The van der Waals surface area contributed by atoms with Gasteiger partial charge in [0.1, 0.15) is 29.7 Å². The monoisotopic (exact) mass is 594 g/mol. The molecule has 4 nitrogen and oxygen atoms in total. The largest absolute Gasteiger partial charge is 0.488 e. The van der Waals surface area contributed by atoms with Gasteiger partial charge in [-0.1, -0.05) is 83.4 Å². The Kier molecular flexibility index (Phi) is 7.97. The predicted molar refractivity (Wildman–Crippen MR) is 161 cm³/mol. The lowest BCUT2D eigenvalue weighted by Crippen LogP contribution is -1.96. The fraction of sp³-hybridized carbons (Fsp3) is 0.0909. The van der Waals surface area contributed by atoms with Crippen molar-refractivity contribution in [3.8, 4) is 34.3 Å². The summed E-state index contributed by atoms with van der Waals surface area (Å²) in [6.07, 6.45) is 1.69. The molecule has 1 aromatic heterocycles. The van der Waals surface area contributed by atoms with Crippen molar-refractivity contribution in [2.24, 2.45) is 4.99 Å². The number of halogens is 2. The van der Waals surface area contributed by atoms with Crippen molar-refractivity contribution in [2.45, 2.75) is 20.5 Å². The van der Waals surface area contributed by atoms with E-state index in [0.717, 1.165) is 43.4 Å². The lowest BCUT2D eigenvalue weighted by molar-refractivity contribution is 0.304. The molecular weight excluding hydrogens is 572 g/mol. The summed E-state index contributed by atoms with van der Waals surface area (Å²) in [4.78, 5) is 4.60. The molecule has 6 heteroatoms. The van der Waals surface area contributed by atoms with Crippen LogP contribution in [0.2, 0.25) is 5.02 Å². The topological polar surface area (TPSA) is 58.5 Å². The van der Waals surface area contributed by atoms with Gasteiger partial charge < -0.3 is 9.15 Å². The van der Waals surface area contributed by atoms with E-state index in [9.17, 15) is 5.26 Å². The van der Waals surface area contributed by atoms with Crippen LogP contribution in [-0.4, -0.2) is 6.21 Å². The summed E-state index contributed by atoms with van der Waals surface area (Å²) in [5, 5.41) is 10.8. The Morgan fingerprint density at radius 2 is 1.54 bits per heavy atom. The molecule has 0 radical (unpaired) electrons. The summed E-state index contributed by atoms with van der Waals surface area (Å²) in [6, 6.07) is 31.7. The molecule has 0 aliphatic carbocycles. The molecule has 5 rings (SSSR count). The number of nitriles is 1. The molecule has 39 heavy (non-hydrogen) atoms. The van der Waals surface area contributed by atoms with Crippen LogP contribution in [0.25, 0.3) is 22.5 Å². The molecule has 0 fully saturated rings. The van der Waals surface area contributed by atoms with E-state index in [1.54, 1.807) is 6.21 Å². The number of aliphatic imine (C=N–C) groups is 1. The summed E-state index contributed by atoms with van der Waals surface area (Å²) < 4.78 is 13.0. The minimum Gasteiger partial charge on any atom is -0.488 e. The van der Waals surface area contributed by atoms with Crippen LogP contribution in [0, 0.1) is 25.2 Å². The number of nitrogens with zero attached hydrogens (tertiary/aromatic N) is 2. The number of benzene rings is 4. The molecule has 0 aliphatic rings. The Morgan fingerprint density at radius 1 is 0.897 bits per heavy atom. The number of hydrogen-bond donors (Lipinski definition) is 0. The van der Waals surface area contributed by atoms with Gasteiger partial charge in [-0.05, 0) is 76.8 Å². The van der Waals surface area contributed by atoms with E-state index in [0.29, 0.717) is 28.7 Å². The SMILES string of the molecule is Cc1ccc(-c2oc(N=Cc3ccc(OCc4ccc(Cl)cc4)c(Br)c3)c(C#N)c2-c2ccc(C)cc2)cc1. The summed E-state index contributed by atoms with van der Waals surface area (Å²) in [6.45, 7) is 4.49. The van der Waals surface area contributed by atoms with Crippen LogP contribution >= 0.6 is 27.5 Å². The molecule has 0 N–H and O–H groups in total. The average Bonchev–Trinajstić information content (AvgIpc) is 3.31. The van der Waals surface area contributed by atoms with Gasteiger partial charge in [0.25, 0.3) is 0 Å². The normalized spacial score (nSPS) is 11.1.